The Morgan fingerprint density at radius 3 is 2.12 bits per heavy atom. The first kappa shape index (κ1) is 20.1. The molecular formula is C14H20N4O7. The number of carbonyl (C=O) groups excluding carboxylic acids is 6. The highest BCUT2D eigenvalue weighted by Gasteiger charge is 2.32. The van der Waals surface area contributed by atoms with Crippen molar-refractivity contribution in [3.8, 4) is 0 Å². The van der Waals surface area contributed by atoms with E-state index in [1.807, 2.05) is 0 Å². The van der Waals surface area contributed by atoms with E-state index in [1.165, 1.54) is 0 Å². The van der Waals surface area contributed by atoms with E-state index in [4.69, 9.17) is 11.5 Å². The van der Waals surface area contributed by atoms with E-state index in [0.29, 0.717) is 5.06 Å². The van der Waals surface area contributed by atoms with Gasteiger partial charge in [-0.15, -0.1) is 5.06 Å². The Hall–Kier alpha value is -2.98. The molecule has 0 aromatic rings. The Balaban J connectivity index is 2.25. The summed E-state index contributed by atoms with van der Waals surface area (Å²) in [5.74, 6) is -4.07. The van der Waals surface area contributed by atoms with Crippen molar-refractivity contribution in [2.75, 3.05) is 0 Å². The van der Waals surface area contributed by atoms with Crippen LogP contribution in [0.5, 0.6) is 0 Å². The van der Waals surface area contributed by atoms with Gasteiger partial charge in [-0.25, -0.2) is 4.79 Å². The Kier molecular flexibility index (Phi) is 7.50. The third-order valence-corrected chi connectivity index (χ3v) is 3.32. The molecule has 1 saturated heterocycles. The number of hydrogen-bond donors (Lipinski definition) is 3. The molecule has 0 radical (unpaired) electrons. The van der Waals surface area contributed by atoms with E-state index in [9.17, 15) is 28.8 Å². The number of imide groups is 1. The molecule has 1 heterocycles. The molecule has 0 aliphatic carbocycles. The van der Waals surface area contributed by atoms with Gasteiger partial charge in [-0.2, -0.15) is 0 Å². The summed E-state index contributed by atoms with van der Waals surface area (Å²) in [5, 5.41) is 2.73. The van der Waals surface area contributed by atoms with Crippen molar-refractivity contribution in [3.05, 3.63) is 0 Å². The highest BCUT2D eigenvalue weighted by Crippen LogP contribution is 2.13. The normalized spacial score (nSPS) is 15.0. The summed E-state index contributed by atoms with van der Waals surface area (Å²) < 4.78 is 0. The predicted octanol–water partition coefficient (Wildman–Crippen LogP) is -2.00. The van der Waals surface area contributed by atoms with Gasteiger partial charge in [0.25, 0.3) is 11.8 Å². The largest absolute Gasteiger partial charge is 0.370 e. The number of rotatable bonds is 10. The molecule has 0 unspecified atom stereocenters. The molecule has 0 bridgehead atoms. The molecular weight excluding hydrogens is 336 g/mol. The van der Waals surface area contributed by atoms with Gasteiger partial charge in [-0.3, -0.25) is 24.0 Å². The summed E-state index contributed by atoms with van der Waals surface area (Å²) in [7, 11) is 0. The van der Waals surface area contributed by atoms with E-state index in [1.54, 1.807) is 0 Å². The number of primary amides is 2. The molecule has 5 amide bonds. The molecule has 1 fully saturated rings. The van der Waals surface area contributed by atoms with Crippen LogP contribution in [0.1, 0.15) is 44.9 Å². The van der Waals surface area contributed by atoms with Crippen LogP contribution in [0.4, 0.5) is 0 Å². The van der Waals surface area contributed by atoms with Gasteiger partial charge in [0.2, 0.25) is 17.7 Å². The molecule has 11 nitrogen and oxygen atoms in total. The molecule has 11 heteroatoms. The van der Waals surface area contributed by atoms with E-state index < -0.39 is 48.0 Å². The van der Waals surface area contributed by atoms with Crippen molar-refractivity contribution >= 4 is 35.5 Å². The predicted molar refractivity (Wildman–Crippen MR) is 80.6 cm³/mol. The third-order valence-electron chi connectivity index (χ3n) is 3.32. The lowest BCUT2D eigenvalue weighted by atomic mass is 10.1. The van der Waals surface area contributed by atoms with Crippen LogP contribution in [0.2, 0.25) is 0 Å². The average molecular weight is 356 g/mol. The molecule has 1 aliphatic rings. The van der Waals surface area contributed by atoms with Crippen LogP contribution >= 0.6 is 0 Å². The fourth-order valence-corrected chi connectivity index (χ4v) is 2.05. The zero-order valence-electron chi connectivity index (χ0n) is 13.5. The fraction of sp³-hybridized carbons (Fsp3) is 0.571. The molecule has 5 N–H and O–H groups in total. The second-order valence-electron chi connectivity index (χ2n) is 5.45. The van der Waals surface area contributed by atoms with Crippen molar-refractivity contribution < 1.29 is 33.6 Å². The van der Waals surface area contributed by atoms with E-state index in [2.05, 4.69) is 10.2 Å². The fourth-order valence-electron chi connectivity index (χ4n) is 2.05. The van der Waals surface area contributed by atoms with E-state index in [0.717, 1.165) is 0 Å². The first-order chi connectivity index (χ1) is 11.7. The van der Waals surface area contributed by atoms with Gasteiger partial charge in [0.05, 0.1) is 6.42 Å². The molecule has 0 aromatic carbocycles. The molecule has 1 atom stereocenters. The molecule has 1 aliphatic heterocycles. The lowest BCUT2D eigenvalue weighted by Gasteiger charge is -2.14. The van der Waals surface area contributed by atoms with Crippen LogP contribution in [-0.4, -0.2) is 46.6 Å². The van der Waals surface area contributed by atoms with Crippen molar-refractivity contribution in [2.45, 2.75) is 51.0 Å². The molecule has 0 saturated carbocycles. The molecule has 0 spiro atoms. The van der Waals surface area contributed by atoms with Crippen LogP contribution < -0.4 is 16.8 Å². The van der Waals surface area contributed by atoms with Gasteiger partial charge in [-0.05, 0) is 12.8 Å². The van der Waals surface area contributed by atoms with Crippen LogP contribution in [0.25, 0.3) is 0 Å². The minimum atomic E-state index is -1.18. The number of unbranched alkanes of at least 4 members (excludes halogenated alkanes) is 1. The Bertz CT molecular complexity index is 574. The summed E-state index contributed by atoms with van der Waals surface area (Å²) in [4.78, 5) is 72.3. The highest BCUT2D eigenvalue weighted by atomic mass is 16.7. The van der Waals surface area contributed by atoms with Crippen molar-refractivity contribution in [1.82, 2.24) is 10.4 Å². The van der Waals surface area contributed by atoms with Crippen LogP contribution in [0, 0.1) is 0 Å². The third kappa shape index (κ3) is 6.97. The van der Waals surface area contributed by atoms with Gasteiger partial charge >= 0.3 is 5.97 Å². The number of carbonyl (C=O) groups is 6. The van der Waals surface area contributed by atoms with Crippen molar-refractivity contribution in [2.24, 2.45) is 11.5 Å². The van der Waals surface area contributed by atoms with E-state index in [-0.39, 0.29) is 38.5 Å². The number of nitrogens with zero attached hydrogens (tertiary/aromatic N) is 1. The van der Waals surface area contributed by atoms with Crippen LogP contribution in [0.15, 0.2) is 0 Å². The summed E-state index contributed by atoms with van der Waals surface area (Å²) in [6, 6.07) is -1.18. The zero-order chi connectivity index (χ0) is 19.0. The maximum absolute atomic E-state index is 11.7. The minimum Gasteiger partial charge on any atom is -0.370 e. The number of nitrogens with one attached hydrogen (secondary N) is 1. The van der Waals surface area contributed by atoms with Crippen molar-refractivity contribution in [1.29, 1.82) is 0 Å². The molecule has 138 valence electrons. The number of amides is 5. The average Bonchev–Trinajstić information content (AvgIpc) is 2.82. The van der Waals surface area contributed by atoms with Gasteiger partial charge in [0.1, 0.15) is 6.04 Å². The number of hydroxylamine groups is 2. The first-order valence-electron chi connectivity index (χ1n) is 7.64. The zero-order valence-corrected chi connectivity index (χ0v) is 13.5. The van der Waals surface area contributed by atoms with Crippen molar-refractivity contribution in [3.63, 3.8) is 0 Å². The summed E-state index contributed by atoms with van der Waals surface area (Å²) in [6.07, 6.45) is 0.0647. The first-order valence-corrected chi connectivity index (χ1v) is 7.64. The Morgan fingerprint density at radius 2 is 1.60 bits per heavy atom. The Labute approximate surface area is 143 Å². The van der Waals surface area contributed by atoms with Crippen LogP contribution in [-0.2, 0) is 33.6 Å². The Morgan fingerprint density at radius 1 is 1.04 bits per heavy atom. The quantitative estimate of drug-likeness (QED) is 0.299. The second kappa shape index (κ2) is 9.35. The van der Waals surface area contributed by atoms with E-state index >= 15 is 0 Å². The number of nitrogens with two attached hydrogens (primary N) is 2. The highest BCUT2D eigenvalue weighted by molar-refractivity contribution is 6.01. The monoisotopic (exact) mass is 356 g/mol. The van der Waals surface area contributed by atoms with Gasteiger partial charge < -0.3 is 21.6 Å². The number of hydrogen-bond acceptors (Lipinski definition) is 7. The molecule has 25 heavy (non-hydrogen) atoms. The lowest BCUT2D eigenvalue weighted by molar-refractivity contribution is -0.197. The summed E-state index contributed by atoms with van der Waals surface area (Å²) in [6.45, 7) is 0. The summed E-state index contributed by atoms with van der Waals surface area (Å²) in [5.41, 5.74) is 9.99. The standard InChI is InChI=1S/C14H20N4O7/c15-9(19)7-8(14(16)24)17-10(20)3-1-2-4-13(23)25-18-11(21)5-6-12(18)22/h8H,1-7H2,(H2,15,19)(H2,16,24)(H,17,20)/t8-/m0/s1. The maximum Gasteiger partial charge on any atom is 0.333 e. The lowest BCUT2D eigenvalue weighted by Crippen LogP contribution is -2.46. The molecule has 0 aromatic heterocycles. The smallest absolute Gasteiger partial charge is 0.333 e. The SMILES string of the molecule is NC(=O)C[C@H](NC(=O)CCCCC(=O)ON1C(=O)CCC1=O)C(N)=O. The summed E-state index contributed by atoms with van der Waals surface area (Å²) >= 11 is 0. The minimum absolute atomic E-state index is 0.0125. The second-order valence-corrected chi connectivity index (χ2v) is 5.45. The van der Waals surface area contributed by atoms with Gasteiger partial charge in [-0.1, -0.05) is 0 Å². The topological polar surface area (TPSA) is 179 Å². The van der Waals surface area contributed by atoms with Crippen LogP contribution in [0.3, 0.4) is 0 Å². The van der Waals surface area contributed by atoms with Gasteiger partial charge in [0.15, 0.2) is 0 Å². The maximum atomic E-state index is 11.7. The van der Waals surface area contributed by atoms with Gasteiger partial charge in [0, 0.05) is 25.7 Å². The molecule has 1 rings (SSSR count).